The van der Waals surface area contributed by atoms with Gasteiger partial charge in [-0.25, -0.2) is 0 Å². The molecule has 0 saturated heterocycles. The molecule has 0 N–H and O–H groups in total. The summed E-state index contributed by atoms with van der Waals surface area (Å²) >= 11 is 1.50. The molecule has 0 fully saturated rings. The Balaban J connectivity index is 2.76. The molecule has 0 atom stereocenters. The molecule has 0 bridgehead atoms. The Hall–Kier alpha value is -0.970. The Labute approximate surface area is 61.5 Å². The number of nitrogens with zero attached hydrogens (tertiary/aromatic N) is 4. The molecule has 52 valence electrons. The predicted molar refractivity (Wildman–Crippen MR) is 38.0 cm³/mol. The molecule has 5 heteroatoms. The van der Waals surface area contributed by atoms with Crippen LogP contribution in [0.2, 0.25) is 0 Å². The summed E-state index contributed by atoms with van der Waals surface area (Å²) in [5.41, 5.74) is 1.77. The van der Waals surface area contributed by atoms with E-state index in [9.17, 15) is 0 Å². The summed E-state index contributed by atoms with van der Waals surface area (Å²) < 4.78 is 1.77. The third kappa shape index (κ3) is 0.637. The highest BCUT2D eigenvalue weighted by Gasteiger charge is 2.03. The molecular formula is C5H6N4S. The molecule has 2 aromatic rings. The molecular weight excluding hydrogens is 148 g/mol. The SMILES string of the molecule is CCc1nnc2scnn12. The van der Waals surface area contributed by atoms with E-state index in [1.807, 2.05) is 6.92 Å². The van der Waals surface area contributed by atoms with Crippen molar-refractivity contribution in [3.8, 4) is 0 Å². The van der Waals surface area contributed by atoms with Crippen LogP contribution < -0.4 is 0 Å². The van der Waals surface area contributed by atoms with Crippen molar-refractivity contribution >= 4 is 16.3 Å². The third-order valence-electron chi connectivity index (χ3n) is 1.31. The van der Waals surface area contributed by atoms with E-state index in [-0.39, 0.29) is 0 Å². The van der Waals surface area contributed by atoms with Gasteiger partial charge in [0.15, 0.2) is 5.82 Å². The van der Waals surface area contributed by atoms with Gasteiger partial charge in [0.25, 0.3) is 0 Å². The van der Waals surface area contributed by atoms with Crippen molar-refractivity contribution in [3.05, 3.63) is 11.3 Å². The largest absolute Gasteiger partial charge is 0.234 e. The highest BCUT2D eigenvalue weighted by atomic mass is 32.1. The zero-order valence-corrected chi connectivity index (χ0v) is 6.30. The lowest BCUT2D eigenvalue weighted by atomic mass is 10.5. The molecule has 0 saturated carbocycles. The van der Waals surface area contributed by atoms with Crippen molar-refractivity contribution in [1.29, 1.82) is 0 Å². The Morgan fingerprint density at radius 1 is 1.60 bits per heavy atom. The zero-order chi connectivity index (χ0) is 6.97. The maximum Gasteiger partial charge on any atom is 0.234 e. The average Bonchev–Trinajstić information content (AvgIpc) is 2.44. The first-order valence-electron chi connectivity index (χ1n) is 3.05. The minimum absolute atomic E-state index is 0.872. The van der Waals surface area contributed by atoms with E-state index in [4.69, 9.17) is 0 Å². The van der Waals surface area contributed by atoms with Crippen LogP contribution in [0.1, 0.15) is 12.7 Å². The number of aryl methyl sites for hydroxylation is 1. The van der Waals surface area contributed by atoms with Gasteiger partial charge >= 0.3 is 0 Å². The first-order valence-corrected chi connectivity index (χ1v) is 3.93. The highest BCUT2D eigenvalue weighted by molar-refractivity contribution is 7.14. The van der Waals surface area contributed by atoms with Crippen molar-refractivity contribution < 1.29 is 0 Å². The van der Waals surface area contributed by atoms with Crippen LogP contribution in [0.3, 0.4) is 0 Å². The summed E-state index contributed by atoms with van der Waals surface area (Å²) in [6, 6.07) is 0. The predicted octanol–water partition coefficient (Wildman–Crippen LogP) is 0.748. The van der Waals surface area contributed by atoms with Crippen LogP contribution in [0, 0.1) is 0 Å². The molecule has 0 aromatic carbocycles. The smallest absolute Gasteiger partial charge is 0.188 e. The lowest BCUT2D eigenvalue weighted by molar-refractivity contribution is 0.835. The number of fused-ring (bicyclic) bond motifs is 1. The Morgan fingerprint density at radius 2 is 2.50 bits per heavy atom. The van der Waals surface area contributed by atoms with Crippen LogP contribution in [-0.4, -0.2) is 19.8 Å². The molecule has 0 amide bonds. The van der Waals surface area contributed by atoms with Crippen molar-refractivity contribution in [2.45, 2.75) is 13.3 Å². The van der Waals surface area contributed by atoms with E-state index in [2.05, 4.69) is 15.3 Å². The topological polar surface area (TPSA) is 43.1 Å². The van der Waals surface area contributed by atoms with Gasteiger partial charge in [0, 0.05) is 6.42 Å². The van der Waals surface area contributed by atoms with Gasteiger partial charge < -0.3 is 0 Å². The fourth-order valence-corrected chi connectivity index (χ4v) is 1.40. The maximum atomic E-state index is 4.06. The maximum absolute atomic E-state index is 4.06. The van der Waals surface area contributed by atoms with Crippen LogP contribution in [0.4, 0.5) is 0 Å². The van der Waals surface area contributed by atoms with E-state index >= 15 is 0 Å². The minimum Gasteiger partial charge on any atom is -0.188 e. The number of rotatable bonds is 1. The van der Waals surface area contributed by atoms with E-state index in [0.29, 0.717) is 0 Å². The molecule has 4 nitrogen and oxygen atoms in total. The van der Waals surface area contributed by atoms with Crippen LogP contribution >= 0.6 is 11.3 Å². The number of aromatic nitrogens is 4. The molecule has 0 aliphatic rings. The quantitative estimate of drug-likeness (QED) is 0.608. The molecule has 0 radical (unpaired) electrons. The molecule has 0 aliphatic carbocycles. The van der Waals surface area contributed by atoms with Crippen LogP contribution in [-0.2, 0) is 6.42 Å². The van der Waals surface area contributed by atoms with Crippen LogP contribution in [0.5, 0.6) is 0 Å². The normalized spacial score (nSPS) is 10.9. The summed E-state index contributed by atoms with van der Waals surface area (Å²) in [7, 11) is 0. The van der Waals surface area contributed by atoms with Gasteiger partial charge in [-0.3, -0.25) is 0 Å². The standard InChI is InChI=1S/C5H6N4S/c1-2-4-7-8-5-9(4)6-3-10-5/h3H,2H2,1H3. The molecule has 0 unspecified atom stereocenters. The third-order valence-corrected chi connectivity index (χ3v) is 1.98. The number of hydrogen-bond acceptors (Lipinski definition) is 4. The second-order valence-corrected chi connectivity index (χ2v) is 2.71. The summed E-state index contributed by atoms with van der Waals surface area (Å²) in [4.78, 5) is 0.872. The molecule has 10 heavy (non-hydrogen) atoms. The van der Waals surface area contributed by atoms with Crippen LogP contribution in [0.25, 0.3) is 4.96 Å². The summed E-state index contributed by atoms with van der Waals surface area (Å²) in [5, 5.41) is 11.9. The van der Waals surface area contributed by atoms with Gasteiger partial charge in [0.2, 0.25) is 4.96 Å². The van der Waals surface area contributed by atoms with E-state index in [1.54, 1.807) is 10.0 Å². The molecule has 2 rings (SSSR count). The molecule has 0 aliphatic heterocycles. The fourth-order valence-electron chi connectivity index (χ4n) is 0.823. The Kier molecular flexibility index (Phi) is 1.17. The van der Waals surface area contributed by atoms with E-state index < -0.39 is 0 Å². The Morgan fingerprint density at radius 3 is 3.30 bits per heavy atom. The average molecular weight is 154 g/mol. The van der Waals surface area contributed by atoms with Crippen molar-refractivity contribution in [2.24, 2.45) is 0 Å². The van der Waals surface area contributed by atoms with Gasteiger partial charge in [0.1, 0.15) is 5.51 Å². The zero-order valence-electron chi connectivity index (χ0n) is 5.48. The Bertz CT molecular complexity index is 336. The first-order chi connectivity index (χ1) is 4.92. The van der Waals surface area contributed by atoms with Gasteiger partial charge in [-0.15, -0.1) is 10.2 Å². The minimum atomic E-state index is 0.872. The van der Waals surface area contributed by atoms with Gasteiger partial charge in [-0.05, 0) is 0 Å². The molecule has 2 aromatic heterocycles. The van der Waals surface area contributed by atoms with Gasteiger partial charge in [-0.1, -0.05) is 18.3 Å². The van der Waals surface area contributed by atoms with Crippen LogP contribution in [0.15, 0.2) is 5.51 Å². The second kappa shape index (κ2) is 2.02. The monoisotopic (exact) mass is 154 g/mol. The lowest BCUT2D eigenvalue weighted by Gasteiger charge is -1.84. The van der Waals surface area contributed by atoms with Gasteiger partial charge in [0.05, 0.1) is 0 Å². The fraction of sp³-hybridized carbons (Fsp3) is 0.400. The summed E-state index contributed by atoms with van der Waals surface area (Å²) in [6.45, 7) is 2.04. The molecule has 0 spiro atoms. The summed E-state index contributed by atoms with van der Waals surface area (Å²) in [6.07, 6.45) is 0.880. The van der Waals surface area contributed by atoms with Crippen molar-refractivity contribution in [3.63, 3.8) is 0 Å². The lowest BCUT2D eigenvalue weighted by Crippen LogP contribution is -1.91. The van der Waals surface area contributed by atoms with Crippen molar-refractivity contribution in [2.75, 3.05) is 0 Å². The first kappa shape index (κ1) is 5.79. The van der Waals surface area contributed by atoms with E-state index in [0.717, 1.165) is 17.2 Å². The van der Waals surface area contributed by atoms with Crippen molar-refractivity contribution in [1.82, 2.24) is 19.8 Å². The van der Waals surface area contributed by atoms with E-state index in [1.165, 1.54) is 11.3 Å². The highest BCUT2D eigenvalue weighted by Crippen LogP contribution is 2.06. The summed E-state index contributed by atoms with van der Waals surface area (Å²) in [5.74, 6) is 0.927. The van der Waals surface area contributed by atoms with Gasteiger partial charge in [-0.2, -0.15) is 9.61 Å². The number of hydrogen-bond donors (Lipinski definition) is 0. The molecule has 2 heterocycles. The second-order valence-electron chi connectivity index (χ2n) is 1.90.